The highest BCUT2D eigenvalue weighted by Gasteiger charge is 2.34. The molecule has 0 spiro atoms. The molecule has 9 heteroatoms. The number of aromatic nitrogens is 3. The van der Waals surface area contributed by atoms with Crippen LogP contribution in [-0.2, 0) is 11.0 Å². The van der Waals surface area contributed by atoms with Crippen molar-refractivity contribution in [3.63, 3.8) is 0 Å². The molecule has 0 aromatic carbocycles. The fourth-order valence-electron chi connectivity index (χ4n) is 1.58. The molecule has 1 amide bonds. The molecule has 22 heavy (non-hydrogen) atoms. The van der Waals surface area contributed by atoms with E-state index in [-0.39, 0.29) is 11.6 Å². The molecule has 0 unspecified atom stereocenters. The lowest BCUT2D eigenvalue weighted by atomic mass is 10.2. The van der Waals surface area contributed by atoms with Gasteiger partial charge in [-0.2, -0.15) is 13.2 Å². The van der Waals surface area contributed by atoms with Crippen LogP contribution in [0.3, 0.4) is 0 Å². The molecule has 2 heterocycles. The number of nitrogens with one attached hydrogen (secondary N) is 1. The number of hydrogen-bond donors (Lipinski definition) is 2. The molecular formula is C13H12F3N5O. The number of halogens is 3. The van der Waals surface area contributed by atoms with Crippen molar-refractivity contribution in [2.75, 3.05) is 5.32 Å². The van der Waals surface area contributed by atoms with Crippen LogP contribution in [0.5, 0.6) is 0 Å². The molecular weight excluding hydrogens is 299 g/mol. The summed E-state index contributed by atoms with van der Waals surface area (Å²) < 4.78 is 38.8. The summed E-state index contributed by atoms with van der Waals surface area (Å²) in [5, 5.41) is 2.52. The van der Waals surface area contributed by atoms with E-state index < -0.39 is 23.8 Å². The fraction of sp³-hybridized carbons (Fsp3) is 0.231. The lowest BCUT2D eigenvalue weighted by molar-refractivity contribution is -0.141. The first-order chi connectivity index (χ1) is 10.3. The van der Waals surface area contributed by atoms with Crippen molar-refractivity contribution >= 4 is 11.7 Å². The molecule has 1 atom stereocenters. The Bertz CT molecular complexity index is 675. The Morgan fingerprint density at radius 1 is 1.36 bits per heavy atom. The molecule has 0 aliphatic carbocycles. The third kappa shape index (κ3) is 3.68. The van der Waals surface area contributed by atoms with Crippen LogP contribution < -0.4 is 11.1 Å². The molecule has 0 bridgehead atoms. The van der Waals surface area contributed by atoms with Gasteiger partial charge in [-0.3, -0.25) is 9.78 Å². The van der Waals surface area contributed by atoms with Gasteiger partial charge in [-0.25, -0.2) is 9.97 Å². The van der Waals surface area contributed by atoms with E-state index in [0.717, 1.165) is 6.07 Å². The number of alkyl halides is 3. The zero-order chi connectivity index (χ0) is 16.3. The second kappa shape index (κ2) is 5.96. The van der Waals surface area contributed by atoms with E-state index in [9.17, 15) is 18.0 Å². The zero-order valence-electron chi connectivity index (χ0n) is 11.4. The fourth-order valence-corrected chi connectivity index (χ4v) is 1.58. The maximum absolute atomic E-state index is 12.9. The summed E-state index contributed by atoms with van der Waals surface area (Å²) in [4.78, 5) is 22.3. The van der Waals surface area contributed by atoms with E-state index in [1.54, 1.807) is 6.07 Å². The van der Waals surface area contributed by atoms with E-state index in [0.29, 0.717) is 5.56 Å². The topological polar surface area (TPSA) is 93.8 Å². The van der Waals surface area contributed by atoms with Gasteiger partial charge in [-0.1, -0.05) is 0 Å². The number of hydrogen-bond acceptors (Lipinski definition) is 5. The maximum atomic E-state index is 12.9. The van der Waals surface area contributed by atoms with Crippen LogP contribution in [0.1, 0.15) is 12.6 Å². The molecule has 2 rings (SSSR count). The van der Waals surface area contributed by atoms with Gasteiger partial charge in [0.15, 0.2) is 11.5 Å². The van der Waals surface area contributed by atoms with Crippen LogP contribution in [0, 0.1) is 0 Å². The minimum absolute atomic E-state index is 0.146. The predicted octanol–water partition coefficient (Wildman–Crippen LogP) is 1.84. The summed E-state index contributed by atoms with van der Waals surface area (Å²) in [5.41, 5.74) is 4.28. The quantitative estimate of drug-likeness (QED) is 0.898. The monoisotopic (exact) mass is 311 g/mol. The van der Waals surface area contributed by atoms with Gasteiger partial charge in [0.1, 0.15) is 11.9 Å². The molecule has 6 nitrogen and oxygen atoms in total. The van der Waals surface area contributed by atoms with E-state index >= 15 is 0 Å². The van der Waals surface area contributed by atoms with Crippen molar-refractivity contribution in [3.8, 4) is 11.4 Å². The van der Waals surface area contributed by atoms with Gasteiger partial charge in [0.05, 0.1) is 0 Å². The number of primary amides is 1. The lowest BCUT2D eigenvalue weighted by Crippen LogP contribution is -2.33. The number of pyridine rings is 1. The van der Waals surface area contributed by atoms with E-state index in [1.165, 1.54) is 25.4 Å². The van der Waals surface area contributed by atoms with Crippen LogP contribution in [-0.4, -0.2) is 26.9 Å². The van der Waals surface area contributed by atoms with Gasteiger partial charge in [-0.15, -0.1) is 0 Å². The number of rotatable bonds is 4. The van der Waals surface area contributed by atoms with Gasteiger partial charge in [0, 0.05) is 24.0 Å². The van der Waals surface area contributed by atoms with E-state index in [2.05, 4.69) is 20.3 Å². The van der Waals surface area contributed by atoms with Crippen LogP contribution in [0.15, 0.2) is 30.6 Å². The average molecular weight is 311 g/mol. The minimum Gasteiger partial charge on any atom is -0.368 e. The number of carbonyl (C=O) groups excluding carboxylic acids is 1. The molecule has 0 fully saturated rings. The zero-order valence-corrected chi connectivity index (χ0v) is 11.4. The molecule has 0 saturated heterocycles. The SMILES string of the molecule is C[C@H](Nc1cc(C(F)(F)F)nc(-c2cccnc2)n1)C(N)=O. The summed E-state index contributed by atoms with van der Waals surface area (Å²) in [6.45, 7) is 1.42. The van der Waals surface area contributed by atoms with Gasteiger partial charge in [0.2, 0.25) is 5.91 Å². The molecule has 0 aliphatic heterocycles. The normalized spacial score (nSPS) is 12.7. The van der Waals surface area contributed by atoms with E-state index in [4.69, 9.17) is 5.73 Å². The summed E-state index contributed by atoms with van der Waals surface area (Å²) >= 11 is 0. The number of nitrogens with two attached hydrogens (primary N) is 1. The summed E-state index contributed by atoms with van der Waals surface area (Å²) in [5.74, 6) is -1.01. The molecule has 2 aromatic rings. The van der Waals surface area contributed by atoms with Crippen molar-refractivity contribution in [1.82, 2.24) is 15.0 Å². The summed E-state index contributed by atoms with van der Waals surface area (Å²) in [7, 11) is 0. The first-order valence-electron chi connectivity index (χ1n) is 6.20. The average Bonchev–Trinajstić information content (AvgIpc) is 2.46. The highest BCUT2D eigenvalue weighted by atomic mass is 19.4. The molecule has 116 valence electrons. The Kier molecular flexibility index (Phi) is 4.25. The lowest BCUT2D eigenvalue weighted by Gasteiger charge is -2.14. The largest absolute Gasteiger partial charge is 0.433 e. The van der Waals surface area contributed by atoms with Crippen LogP contribution >= 0.6 is 0 Å². The Morgan fingerprint density at radius 3 is 2.64 bits per heavy atom. The third-order valence-electron chi connectivity index (χ3n) is 2.73. The van der Waals surface area contributed by atoms with Crippen LogP contribution in [0.25, 0.3) is 11.4 Å². The van der Waals surface area contributed by atoms with Crippen molar-refractivity contribution in [3.05, 3.63) is 36.3 Å². The minimum atomic E-state index is -4.65. The number of carbonyl (C=O) groups is 1. The highest BCUT2D eigenvalue weighted by molar-refractivity contribution is 5.82. The van der Waals surface area contributed by atoms with Crippen LogP contribution in [0.2, 0.25) is 0 Å². The Morgan fingerprint density at radius 2 is 2.09 bits per heavy atom. The molecule has 0 aliphatic rings. The van der Waals surface area contributed by atoms with Crippen molar-refractivity contribution < 1.29 is 18.0 Å². The summed E-state index contributed by atoms with van der Waals surface area (Å²) in [6.07, 6.45) is -1.82. The molecule has 3 N–H and O–H groups in total. The first kappa shape index (κ1) is 15.7. The molecule has 2 aromatic heterocycles. The Hall–Kier alpha value is -2.71. The van der Waals surface area contributed by atoms with Crippen molar-refractivity contribution in [2.24, 2.45) is 5.73 Å². The maximum Gasteiger partial charge on any atom is 0.433 e. The highest BCUT2D eigenvalue weighted by Crippen LogP contribution is 2.30. The predicted molar refractivity (Wildman–Crippen MR) is 72.5 cm³/mol. The van der Waals surface area contributed by atoms with Crippen molar-refractivity contribution in [2.45, 2.75) is 19.1 Å². The van der Waals surface area contributed by atoms with Gasteiger partial charge >= 0.3 is 6.18 Å². The standard InChI is InChI=1S/C13H12F3N5O/c1-7(11(17)22)19-10-5-9(13(14,15)16)20-12(21-10)8-3-2-4-18-6-8/h2-7H,1H3,(H2,17,22)(H,19,20,21)/t7-/m0/s1. The number of amides is 1. The Labute approximate surface area is 123 Å². The Balaban J connectivity index is 2.48. The third-order valence-corrected chi connectivity index (χ3v) is 2.73. The van der Waals surface area contributed by atoms with Gasteiger partial charge in [-0.05, 0) is 19.1 Å². The second-order valence-electron chi connectivity index (χ2n) is 4.47. The van der Waals surface area contributed by atoms with Crippen molar-refractivity contribution in [1.29, 1.82) is 0 Å². The first-order valence-corrected chi connectivity index (χ1v) is 6.20. The van der Waals surface area contributed by atoms with E-state index in [1.807, 2.05) is 0 Å². The summed E-state index contributed by atoms with van der Waals surface area (Å²) in [6, 6.07) is 2.93. The van der Waals surface area contributed by atoms with Crippen LogP contribution in [0.4, 0.5) is 19.0 Å². The number of nitrogens with zero attached hydrogens (tertiary/aromatic N) is 3. The second-order valence-corrected chi connectivity index (χ2v) is 4.47. The molecule has 0 saturated carbocycles. The number of anilines is 1. The van der Waals surface area contributed by atoms with Gasteiger partial charge < -0.3 is 11.1 Å². The smallest absolute Gasteiger partial charge is 0.368 e. The van der Waals surface area contributed by atoms with Gasteiger partial charge in [0.25, 0.3) is 0 Å². The molecule has 0 radical (unpaired) electrons.